The Kier molecular flexibility index (Phi) is 6.12. The Morgan fingerprint density at radius 1 is 1.14 bits per heavy atom. The number of piperidine rings is 1. The predicted molar refractivity (Wildman–Crippen MR) is 116 cm³/mol. The highest BCUT2D eigenvalue weighted by Gasteiger charge is 2.27. The maximum atomic E-state index is 12.9. The van der Waals surface area contributed by atoms with Gasteiger partial charge in [0.15, 0.2) is 0 Å². The molecular weight excluding hydrogens is 360 g/mol. The first kappa shape index (κ1) is 19.9. The molecule has 29 heavy (non-hydrogen) atoms. The van der Waals surface area contributed by atoms with E-state index >= 15 is 0 Å². The van der Waals surface area contributed by atoms with Gasteiger partial charge in [-0.15, -0.1) is 0 Å². The summed E-state index contributed by atoms with van der Waals surface area (Å²) in [6.45, 7) is 5.96. The molecule has 0 bridgehead atoms. The number of rotatable bonds is 5. The van der Waals surface area contributed by atoms with E-state index in [1.54, 1.807) is 0 Å². The quantitative estimate of drug-likeness (QED) is 0.837. The van der Waals surface area contributed by atoms with Crippen molar-refractivity contribution in [2.45, 2.75) is 70.8 Å². The third kappa shape index (κ3) is 4.44. The number of carbonyl (C=O) groups excluding carboxylic acids is 1. The average molecular weight is 393 g/mol. The van der Waals surface area contributed by atoms with Crippen LogP contribution in [0.5, 0.6) is 0 Å². The van der Waals surface area contributed by atoms with Crippen LogP contribution >= 0.6 is 0 Å². The molecule has 2 aliphatic rings. The van der Waals surface area contributed by atoms with Gasteiger partial charge in [-0.1, -0.05) is 37.3 Å². The molecule has 1 amide bonds. The maximum absolute atomic E-state index is 12.9. The smallest absolute Gasteiger partial charge is 0.227 e. The van der Waals surface area contributed by atoms with E-state index in [1.807, 2.05) is 25.1 Å². The van der Waals surface area contributed by atoms with Crippen LogP contribution in [0, 0.1) is 6.92 Å². The Morgan fingerprint density at radius 3 is 2.59 bits per heavy atom. The number of hydrogen-bond donors (Lipinski definition) is 1. The molecule has 1 saturated heterocycles. The van der Waals surface area contributed by atoms with E-state index in [2.05, 4.69) is 34.3 Å². The van der Waals surface area contributed by atoms with E-state index in [4.69, 9.17) is 4.98 Å². The molecule has 5 nitrogen and oxygen atoms in total. The Balaban J connectivity index is 1.39. The minimum absolute atomic E-state index is 0.0641. The van der Waals surface area contributed by atoms with Crippen molar-refractivity contribution in [3.63, 3.8) is 0 Å². The van der Waals surface area contributed by atoms with Crippen molar-refractivity contribution < 1.29 is 4.79 Å². The number of benzene rings is 1. The van der Waals surface area contributed by atoms with Crippen LogP contribution in [0.2, 0.25) is 0 Å². The highest BCUT2D eigenvalue weighted by Crippen LogP contribution is 2.30. The first-order valence-corrected chi connectivity index (χ1v) is 11.1. The summed E-state index contributed by atoms with van der Waals surface area (Å²) >= 11 is 0. The molecule has 1 aromatic heterocycles. The minimum atomic E-state index is -0.0641. The van der Waals surface area contributed by atoms with Crippen molar-refractivity contribution in [1.29, 1.82) is 0 Å². The first-order chi connectivity index (χ1) is 14.2. The van der Waals surface area contributed by atoms with Crippen LogP contribution in [0.4, 0.5) is 5.82 Å². The van der Waals surface area contributed by atoms with Crippen molar-refractivity contribution in [3.8, 4) is 0 Å². The number of amides is 1. The monoisotopic (exact) mass is 392 g/mol. The van der Waals surface area contributed by atoms with Crippen molar-refractivity contribution >= 4 is 11.7 Å². The molecular formula is C24H32N4O. The molecule has 2 heterocycles. The van der Waals surface area contributed by atoms with Gasteiger partial charge >= 0.3 is 0 Å². The zero-order valence-corrected chi connectivity index (χ0v) is 17.7. The van der Waals surface area contributed by atoms with Crippen LogP contribution in [-0.4, -0.2) is 35.0 Å². The van der Waals surface area contributed by atoms with Crippen molar-refractivity contribution in [3.05, 3.63) is 53.0 Å². The second-order valence-corrected chi connectivity index (χ2v) is 8.37. The molecule has 0 saturated carbocycles. The lowest BCUT2D eigenvalue weighted by molar-refractivity contribution is -0.123. The molecule has 1 N–H and O–H groups in total. The lowest BCUT2D eigenvalue weighted by Gasteiger charge is -2.35. The molecule has 1 aliphatic heterocycles. The number of fused-ring (bicyclic) bond motifs is 1. The third-order valence-corrected chi connectivity index (χ3v) is 6.34. The van der Waals surface area contributed by atoms with E-state index in [0.29, 0.717) is 0 Å². The van der Waals surface area contributed by atoms with E-state index < -0.39 is 0 Å². The predicted octanol–water partition coefficient (Wildman–Crippen LogP) is 3.94. The zero-order chi connectivity index (χ0) is 20.2. The second-order valence-electron chi connectivity index (χ2n) is 8.37. The zero-order valence-electron chi connectivity index (χ0n) is 17.7. The summed E-state index contributed by atoms with van der Waals surface area (Å²) < 4.78 is 0. The normalized spacial score (nSPS) is 18.2. The lowest BCUT2D eigenvalue weighted by atomic mass is 9.94. The van der Waals surface area contributed by atoms with Gasteiger partial charge in [-0.2, -0.15) is 0 Å². The number of carbonyl (C=O) groups is 1. The minimum Gasteiger partial charge on any atom is -0.356 e. The topological polar surface area (TPSA) is 58.1 Å². The molecule has 1 fully saturated rings. The van der Waals surface area contributed by atoms with E-state index in [9.17, 15) is 4.79 Å². The van der Waals surface area contributed by atoms with Gasteiger partial charge in [-0.05, 0) is 57.4 Å². The average Bonchev–Trinajstić information content (AvgIpc) is 2.75. The molecule has 1 aromatic carbocycles. The fourth-order valence-corrected chi connectivity index (χ4v) is 4.75. The maximum Gasteiger partial charge on any atom is 0.227 e. The van der Waals surface area contributed by atoms with E-state index in [-0.39, 0.29) is 17.9 Å². The van der Waals surface area contributed by atoms with E-state index in [0.717, 1.165) is 62.4 Å². The SMILES string of the molecule is CC[C@@H](C(=O)NC1CCN(c2nc(C)nc3c2CCCC3)CC1)c1ccccc1. The molecule has 1 aliphatic carbocycles. The Hall–Kier alpha value is -2.43. The number of nitrogens with one attached hydrogen (secondary N) is 1. The molecule has 2 aromatic rings. The van der Waals surface area contributed by atoms with Crippen LogP contribution in [0.25, 0.3) is 0 Å². The summed E-state index contributed by atoms with van der Waals surface area (Å²) in [6.07, 6.45) is 7.39. The Morgan fingerprint density at radius 2 is 1.86 bits per heavy atom. The van der Waals surface area contributed by atoms with Crippen molar-refractivity contribution in [2.75, 3.05) is 18.0 Å². The summed E-state index contributed by atoms with van der Waals surface area (Å²) in [6, 6.07) is 10.4. The molecule has 0 unspecified atom stereocenters. The van der Waals surface area contributed by atoms with Gasteiger partial charge in [-0.3, -0.25) is 4.79 Å². The van der Waals surface area contributed by atoms with Gasteiger partial charge in [0, 0.05) is 30.4 Å². The molecule has 5 heteroatoms. The van der Waals surface area contributed by atoms with Gasteiger partial charge in [0.25, 0.3) is 0 Å². The summed E-state index contributed by atoms with van der Waals surface area (Å²) in [5.74, 6) is 2.12. The highest BCUT2D eigenvalue weighted by atomic mass is 16.1. The highest BCUT2D eigenvalue weighted by molar-refractivity contribution is 5.83. The number of hydrogen-bond acceptors (Lipinski definition) is 4. The van der Waals surface area contributed by atoms with Gasteiger partial charge in [0.05, 0.1) is 5.92 Å². The van der Waals surface area contributed by atoms with Crippen LogP contribution in [0.1, 0.15) is 67.6 Å². The summed E-state index contributed by atoms with van der Waals surface area (Å²) in [4.78, 5) is 24.8. The summed E-state index contributed by atoms with van der Waals surface area (Å²) in [7, 11) is 0. The number of anilines is 1. The van der Waals surface area contributed by atoms with Gasteiger partial charge in [0.2, 0.25) is 5.91 Å². The van der Waals surface area contributed by atoms with Gasteiger partial charge in [-0.25, -0.2) is 9.97 Å². The Labute approximate surface area is 173 Å². The third-order valence-electron chi connectivity index (χ3n) is 6.34. The van der Waals surface area contributed by atoms with Crippen molar-refractivity contribution in [1.82, 2.24) is 15.3 Å². The fourth-order valence-electron chi connectivity index (χ4n) is 4.75. The van der Waals surface area contributed by atoms with Crippen LogP contribution in [-0.2, 0) is 17.6 Å². The largest absolute Gasteiger partial charge is 0.356 e. The first-order valence-electron chi connectivity index (χ1n) is 11.1. The molecule has 1 atom stereocenters. The lowest BCUT2D eigenvalue weighted by Crippen LogP contribution is -2.46. The van der Waals surface area contributed by atoms with Gasteiger partial charge < -0.3 is 10.2 Å². The molecule has 0 radical (unpaired) electrons. The Bertz CT molecular complexity index is 843. The molecule has 4 rings (SSSR count). The second kappa shape index (κ2) is 8.93. The summed E-state index contributed by atoms with van der Waals surface area (Å²) in [5, 5.41) is 3.32. The summed E-state index contributed by atoms with van der Waals surface area (Å²) in [5.41, 5.74) is 3.72. The number of nitrogens with zero attached hydrogens (tertiary/aromatic N) is 3. The standard InChI is InChI=1S/C24H32N4O/c1-3-20(18-9-5-4-6-10-18)24(29)27-19-13-15-28(16-14-19)23-21-11-7-8-12-22(21)25-17(2)26-23/h4-6,9-10,19-20H,3,7-8,11-16H2,1-2H3,(H,27,29)/t20-/m1/s1. The molecule has 154 valence electrons. The van der Waals surface area contributed by atoms with Crippen LogP contribution < -0.4 is 10.2 Å². The number of aromatic nitrogens is 2. The van der Waals surface area contributed by atoms with Crippen LogP contribution in [0.3, 0.4) is 0 Å². The van der Waals surface area contributed by atoms with Crippen LogP contribution in [0.15, 0.2) is 30.3 Å². The fraction of sp³-hybridized carbons (Fsp3) is 0.542. The van der Waals surface area contributed by atoms with Gasteiger partial charge in [0.1, 0.15) is 11.6 Å². The van der Waals surface area contributed by atoms with Crippen molar-refractivity contribution in [2.24, 2.45) is 0 Å². The molecule has 0 spiro atoms. The number of aryl methyl sites for hydroxylation is 2. The van der Waals surface area contributed by atoms with E-state index in [1.165, 1.54) is 24.1 Å².